The van der Waals surface area contributed by atoms with Crippen LogP contribution in [-0.2, 0) is 0 Å². The number of ether oxygens (including phenoxy) is 1. The van der Waals surface area contributed by atoms with E-state index in [0.717, 1.165) is 0 Å². The van der Waals surface area contributed by atoms with Gasteiger partial charge < -0.3 is 10.5 Å². The molecule has 12 heavy (non-hydrogen) atoms. The van der Waals surface area contributed by atoms with Crippen molar-refractivity contribution in [3.63, 3.8) is 0 Å². The third-order valence-electron chi connectivity index (χ3n) is 1.15. The van der Waals surface area contributed by atoms with Crippen LogP contribution in [0.2, 0.25) is 0 Å². The van der Waals surface area contributed by atoms with Gasteiger partial charge in [-0.25, -0.2) is 0 Å². The van der Waals surface area contributed by atoms with Crippen LogP contribution in [0.4, 0.5) is 4.39 Å². The van der Waals surface area contributed by atoms with Gasteiger partial charge in [-0.1, -0.05) is 0 Å². The molecule has 1 heterocycles. The number of hydrogen-bond donors (Lipinski definition) is 1. The maximum Gasteiger partial charge on any atom is 0.229 e. The Morgan fingerprint density at radius 2 is 2.33 bits per heavy atom. The summed E-state index contributed by atoms with van der Waals surface area (Å²) in [6.45, 7) is 0.752. The summed E-state index contributed by atoms with van der Waals surface area (Å²) in [4.78, 5) is 3.56. The van der Waals surface area contributed by atoms with Crippen LogP contribution in [0.25, 0.3) is 0 Å². The Morgan fingerprint density at radius 3 is 2.92 bits per heavy atom. The maximum atomic E-state index is 12.8. The predicted octanol–water partition coefficient (Wildman–Crippen LogP) is 1.16. The molecule has 0 unspecified atom stereocenters. The zero-order valence-corrected chi connectivity index (χ0v) is 8.42. The molecule has 0 radical (unpaired) electrons. The Morgan fingerprint density at radius 1 is 1.58 bits per heavy atom. The van der Waals surface area contributed by atoms with Gasteiger partial charge in [0.15, 0.2) is 0 Å². The highest BCUT2D eigenvalue weighted by atomic mass is 127. The average molecular weight is 282 g/mol. The van der Waals surface area contributed by atoms with Crippen molar-refractivity contribution < 1.29 is 9.13 Å². The van der Waals surface area contributed by atoms with Gasteiger partial charge in [-0.15, -0.1) is 0 Å². The van der Waals surface area contributed by atoms with Crippen molar-refractivity contribution in [2.45, 2.75) is 0 Å². The molecule has 0 atom stereocenters. The fourth-order valence-corrected chi connectivity index (χ4v) is 0.945. The lowest BCUT2D eigenvalue weighted by Crippen LogP contribution is -2.11. The van der Waals surface area contributed by atoms with Crippen LogP contribution in [-0.4, -0.2) is 18.1 Å². The first-order valence-corrected chi connectivity index (χ1v) is 4.47. The number of pyridine rings is 1. The normalized spacial score (nSPS) is 9.92. The molecule has 1 aromatic rings. The van der Waals surface area contributed by atoms with Gasteiger partial charge in [-0.05, 0) is 28.7 Å². The van der Waals surface area contributed by atoms with Crippen LogP contribution in [0.1, 0.15) is 0 Å². The number of nitrogens with two attached hydrogens (primary N) is 1. The van der Waals surface area contributed by atoms with Gasteiger partial charge >= 0.3 is 0 Å². The van der Waals surface area contributed by atoms with E-state index in [1.165, 1.54) is 0 Å². The van der Waals surface area contributed by atoms with Crippen LogP contribution < -0.4 is 10.5 Å². The largest absolute Gasteiger partial charge is 0.476 e. The van der Waals surface area contributed by atoms with Crippen molar-refractivity contribution in [3.8, 4) is 5.88 Å². The Balaban J connectivity index is 2.69. The van der Waals surface area contributed by atoms with Crippen LogP contribution in [0.15, 0.2) is 12.1 Å². The Labute approximate surface area is 83.3 Å². The number of aromatic nitrogens is 1. The smallest absolute Gasteiger partial charge is 0.229 e. The van der Waals surface area contributed by atoms with E-state index in [-0.39, 0.29) is 5.88 Å². The monoisotopic (exact) mass is 282 g/mol. The molecule has 5 heteroatoms. The van der Waals surface area contributed by atoms with Gasteiger partial charge in [-0.3, -0.25) is 0 Å². The number of hydrogen-bond acceptors (Lipinski definition) is 3. The molecular weight excluding hydrogens is 274 g/mol. The Hall–Kier alpha value is -0.430. The van der Waals surface area contributed by atoms with Crippen molar-refractivity contribution in [2.75, 3.05) is 13.2 Å². The van der Waals surface area contributed by atoms with E-state index in [1.54, 1.807) is 12.1 Å². The molecule has 0 aromatic carbocycles. The number of halogens is 2. The third kappa shape index (κ3) is 2.56. The fourth-order valence-electron chi connectivity index (χ4n) is 0.645. The Bertz CT molecular complexity index is 270. The molecule has 1 aromatic heterocycles. The molecule has 1 rings (SSSR count). The average Bonchev–Trinajstić information content (AvgIpc) is 2.07. The first kappa shape index (κ1) is 9.66. The van der Waals surface area contributed by atoms with Crippen molar-refractivity contribution >= 4 is 22.6 Å². The van der Waals surface area contributed by atoms with E-state index < -0.39 is 5.95 Å². The summed E-state index contributed by atoms with van der Waals surface area (Å²) in [5, 5.41) is 0. The topological polar surface area (TPSA) is 48.1 Å². The first-order valence-electron chi connectivity index (χ1n) is 3.39. The predicted molar refractivity (Wildman–Crippen MR) is 51.5 cm³/mol. The summed E-state index contributed by atoms with van der Waals surface area (Å²) < 4.78 is 18.3. The molecule has 0 amide bonds. The van der Waals surface area contributed by atoms with Gasteiger partial charge in [0, 0.05) is 12.6 Å². The second kappa shape index (κ2) is 4.56. The maximum absolute atomic E-state index is 12.8. The highest BCUT2D eigenvalue weighted by Gasteiger charge is 2.01. The van der Waals surface area contributed by atoms with Gasteiger partial charge in [0.05, 0.1) is 3.57 Å². The van der Waals surface area contributed by atoms with E-state index in [9.17, 15) is 4.39 Å². The lowest BCUT2D eigenvalue weighted by Gasteiger charge is -2.02. The van der Waals surface area contributed by atoms with Gasteiger partial charge in [-0.2, -0.15) is 9.37 Å². The summed E-state index contributed by atoms with van der Waals surface area (Å²) >= 11 is 1.86. The number of rotatable bonds is 3. The molecule has 0 fully saturated rings. The lowest BCUT2D eigenvalue weighted by atomic mass is 10.5. The summed E-state index contributed by atoms with van der Waals surface area (Å²) in [5.41, 5.74) is 5.20. The molecule has 0 aliphatic carbocycles. The minimum absolute atomic E-state index is 0.276. The van der Waals surface area contributed by atoms with Crippen LogP contribution >= 0.6 is 22.6 Å². The molecule has 0 spiro atoms. The minimum atomic E-state index is -0.509. The summed E-state index contributed by atoms with van der Waals surface area (Å²) in [7, 11) is 0. The fraction of sp³-hybridized carbons (Fsp3) is 0.286. The van der Waals surface area contributed by atoms with Gasteiger partial charge in [0.25, 0.3) is 0 Å². The second-order valence-electron chi connectivity index (χ2n) is 2.06. The summed E-state index contributed by atoms with van der Waals surface area (Å²) in [6, 6.07) is 3.22. The second-order valence-corrected chi connectivity index (χ2v) is 3.22. The first-order chi connectivity index (χ1) is 5.74. The zero-order chi connectivity index (χ0) is 8.97. The molecule has 0 aliphatic heterocycles. The van der Waals surface area contributed by atoms with Crippen LogP contribution in [0, 0.1) is 9.52 Å². The van der Waals surface area contributed by atoms with Crippen molar-refractivity contribution in [1.29, 1.82) is 0 Å². The van der Waals surface area contributed by atoms with E-state index >= 15 is 0 Å². The van der Waals surface area contributed by atoms with Crippen molar-refractivity contribution in [2.24, 2.45) is 5.73 Å². The SMILES string of the molecule is NCCOc1ccc(I)c(F)n1. The van der Waals surface area contributed by atoms with Crippen molar-refractivity contribution in [1.82, 2.24) is 4.98 Å². The Kier molecular flexibility index (Phi) is 3.67. The molecular formula is C7H8FIN2O. The lowest BCUT2D eigenvalue weighted by molar-refractivity contribution is 0.310. The molecule has 0 saturated carbocycles. The molecule has 3 nitrogen and oxygen atoms in total. The quantitative estimate of drug-likeness (QED) is 0.668. The highest BCUT2D eigenvalue weighted by molar-refractivity contribution is 14.1. The number of nitrogens with zero attached hydrogens (tertiary/aromatic N) is 1. The van der Waals surface area contributed by atoms with Crippen LogP contribution in [0.3, 0.4) is 0 Å². The van der Waals surface area contributed by atoms with E-state index in [4.69, 9.17) is 10.5 Å². The summed E-state index contributed by atoms with van der Waals surface area (Å²) in [6.07, 6.45) is 0. The zero-order valence-electron chi connectivity index (χ0n) is 6.26. The summed E-state index contributed by atoms with van der Waals surface area (Å²) in [5.74, 6) is -0.233. The molecule has 2 N–H and O–H groups in total. The third-order valence-corrected chi connectivity index (χ3v) is 1.95. The van der Waals surface area contributed by atoms with E-state index in [1.807, 2.05) is 22.6 Å². The molecule has 0 bridgehead atoms. The molecule has 0 aliphatic rings. The standard InChI is InChI=1S/C7H8FIN2O/c8-7-5(9)1-2-6(11-7)12-4-3-10/h1-2H,3-4,10H2. The van der Waals surface area contributed by atoms with Gasteiger partial charge in [0.1, 0.15) is 6.61 Å². The molecule has 0 saturated heterocycles. The van der Waals surface area contributed by atoms with Crippen molar-refractivity contribution in [3.05, 3.63) is 21.7 Å². The van der Waals surface area contributed by atoms with Crippen LogP contribution in [0.5, 0.6) is 5.88 Å². The minimum Gasteiger partial charge on any atom is -0.476 e. The highest BCUT2D eigenvalue weighted by Crippen LogP contribution is 2.13. The molecule has 66 valence electrons. The van der Waals surface area contributed by atoms with Gasteiger partial charge in [0.2, 0.25) is 11.8 Å². The van der Waals surface area contributed by atoms with E-state index in [2.05, 4.69) is 4.98 Å². The van der Waals surface area contributed by atoms with E-state index in [0.29, 0.717) is 16.7 Å².